The van der Waals surface area contributed by atoms with E-state index in [-0.39, 0.29) is 24.2 Å². The van der Waals surface area contributed by atoms with E-state index < -0.39 is 17.9 Å². The van der Waals surface area contributed by atoms with Gasteiger partial charge in [-0.05, 0) is 32.1 Å². The number of amides is 3. The molecule has 3 amide bonds. The number of hydroxylamine groups is 1. The molecule has 0 unspecified atom stereocenters. The van der Waals surface area contributed by atoms with Gasteiger partial charge in [0.15, 0.2) is 0 Å². The molecule has 0 aromatic heterocycles. The summed E-state index contributed by atoms with van der Waals surface area (Å²) in [5, 5.41) is 11.5. The lowest BCUT2D eigenvalue weighted by Crippen LogP contribution is -2.52. The third-order valence-electron chi connectivity index (χ3n) is 4.23. The van der Waals surface area contributed by atoms with Crippen molar-refractivity contribution in [1.82, 2.24) is 15.7 Å². The topological polar surface area (TPSA) is 98.7 Å². The van der Waals surface area contributed by atoms with E-state index in [1.807, 2.05) is 20.8 Å². The van der Waals surface area contributed by atoms with E-state index in [0.717, 1.165) is 25.9 Å². The van der Waals surface area contributed by atoms with Crippen molar-refractivity contribution in [2.45, 2.75) is 52.5 Å². The summed E-state index contributed by atoms with van der Waals surface area (Å²) in [7, 11) is 0. The van der Waals surface area contributed by atoms with Gasteiger partial charge in [-0.3, -0.25) is 19.6 Å². The van der Waals surface area contributed by atoms with Crippen molar-refractivity contribution < 1.29 is 19.6 Å². The van der Waals surface area contributed by atoms with Crippen LogP contribution in [-0.4, -0.2) is 47.0 Å². The van der Waals surface area contributed by atoms with E-state index >= 15 is 0 Å². The van der Waals surface area contributed by atoms with Gasteiger partial charge in [-0.1, -0.05) is 26.0 Å². The summed E-state index contributed by atoms with van der Waals surface area (Å²) < 4.78 is 0. The highest BCUT2D eigenvalue weighted by molar-refractivity contribution is 5.90. The minimum absolute atomic E-state index is 0.0453. The Morgan fingerprint density at radius 3 is 2.33 bits per heavy atom. The van der Waals surface area contributed by atoms with E-state index in [1.54, 1.807) is 22.5 Å². The predicted octanol–water partition coefficient (Wildman–Crippen LogP) is 1.23. The van der Waals surface area contributed by atoms with Crippen molar-refractivity contribution in [2.24, 2.45) is 11.8 Å². The van der Waals surface area contributed by atoms with Gasteiger partial charge in [0.1, 0.15) is 6.04 Å². The van der Waals surface area contributed by atoms with Gasteiger partial charge in [-0.2, -0.15) is 0 Å². The lowest BCUT2D eigenvalue weighted by atomic mass is 9.97. The average Bonchev–Trinajstić information content (AvgIpc) is 3.09. The molecule has 24 heavy (non-hydrogen) atoms. The number of hydrogen-bond acceptors (Lipinski definition) is 4. The number of nitrogens with one attached hydrogen (secondary N) is 2. The van der Waals surface area contributed by atoms with E-state index in [1.165, 1.54) is 0 Å². The third-order valence-corrected chi connectivity index (χ3v) is 4.23. The van der Waals surface area contributed by atoms with Crippen molar-refractivity contribution in [3.63, 3.8) is 0 Å². The van der Waals surface area contributed by atoms with Crippen molar-refractivity contribution in [2.75, 3.05) is 13.1 Å². The Morgan fingerprint density at radius 1 is 1.21 bits per heavy atom. The number of nitrogens with zero attached hydrogens (tertiary/aromatic N) is 1. The second-order valence-corrected chi connectivity index (χ2v) is 6.50. The summed E-state index contributed by atoms with van der Waals surface area (Å²) in [5.74, 6) is -1.70. The minimum Gasteiger partial charge on any atom is -0.344 e. The van der Waals surface area contributed by atoms with Crippen LogP contribution in [0.5, 0.6) is 0 Å². The zero-order valence-electron chi connectivity index (χ0n) is 14.7. The monoisotopic (exact) mass is 339 g/mol. The van der Waals surface area contributed by atoms with Gasteiger partial charge in [0.05, 0.1) is 5.92 Å². The largest absolute Gasteiger partial charge is 0.344 e. The van der Waals surface area contributed by atoms with Crippen molar-refractivity contribution >= 4 is 17.7 Å². The van der Waals surface area contributed by atoms with Gasteiger partial charge in [-0.25, -0.2) is 5.48 Å². The van der Waals surface area contributed by atoms with Crippen LogP contribution in [0.4, 0.5) is 0 Å². The molecule has 136 valence electrons. The lowest BCUT2D eigenvalue weighted by Gasteiger charge is -2.28. The highest BCUT2D eigenvalue weighted by Gasteiger charge is 2.32. The molecule has 1 aliphatic heterocycles. The van der Waals surface area contributed by atoms with Crippen LogP contribution in [-0.2, 0) is 14.4 Å². The third kappa shape index (κ3) is 5.96. The standard InChI is InChI=1S/C17H29N3O4/c1-4-5-8-13(11-14(21)19-24)16(22)18-15(12(2)3)17(23)20-9-6-7-10-20/h4-5,12-13,15,24H,6-11H2,1-3H3,(H,18,22)(H,19,21)/b5-4+/t13-,15+/m0/s1. The van der Waals surface area contributed by atoms with Crippen molar-refractivity contribution in [3.05, 3.63) is 12.2 Å². The molecule has 0 radical (unpaired) electrons. The first kappa shape index (κ1) is 20.2. The van der Waals surface area contributed by atoms with Crippen LogP contribution < -0.4 is 10.8 Å². The molecule has 0 saturated carbocycles. The molecule has 3 N–H and O–H groups in total. The maximum Gasteiger partial charge on any atom is 0.245 e. The lowest BCUT2D eigenvalue weighted by molar-refractivity contribution is -0.139. The fourth-order valence-electron chi connectivity index (χ4n) is 2.77. The smallest absolute Gasteiger partial charge is 0.245 e. The summed E-state index contributed by atoms with van der Waals surface area (Å²) in [6.07, 6.45) is 5.82. The van der Waals surface area contributed by atoms with Crippen LogP contribution in [0.1, 0.15) is 46.5 Å². The number of allylic oxidation sites excluding steroid dienone is 2. The Bertz CT molecular complexity index is 470. The van der Waals surface area contributed by atoms with E-state index in [4.69, 9.17) is 5.21 Å². The van der Waals surface area contributed by atoms with Crippen LogP contribution in [0, 0.1) is 11.8 Å². The first-order valence-corrected chi connectivity index (χ1v) is 8.54. The quantitative estimate of drug-likeness (QED) is 0.352. The Labute approximate surface area is 143 Å². The highest BCUT2D eigenvalue weighted by Crippen LogP contribution is 2.16. The second kappa shape index (κ2) is 10.1. The molecule has 0 bridgehead atoms. The number of likely N-dealkylation sites (tertiary alicyclic amines) is 1. The van der Waals surface area contributed by atoms with Gasteiger partial charge >= 0.3 is 0 Å². The molecule has 7 heteroatoms. The normalized spacial score (nSPS) is 17.1. The highest BCUT2D eigenvalue weighted by atomic mass is 16.5. The van der Waals surface area contributed by atoms with Gasteiger partial charge in [0.25, 0.3) is 0 Å². The number of carbonyl (C=O) groups is 3. The summed E-state index contributed by atoms with van der Waals surface area (Å²) >= 11 is 0. The Kier molecular flexibility index (Phi) is 8.46. The van der Waals surface area contributed by atoms with Gasteiger partial charge in [-0.15, -0.1) is 0 Å². The molecule has 1 aliphatic rings. The number of carbonyl (C=O) groups excluding carboxylic acids is 3. The van der Waals surface area contributed by atoms with Crippen molar-refractivity contribution in [3.8, 4) is 0 Å². The molecule has 1 rings (SSSR count). The first-order chi connectivity index (χ1) is 11.4. The molecule has 0 aromatic carbocycles. The summed E-state index contributed by atoms with van der Waals surface area (Å²) in [6, 6.07) is -0.596. The molecule has 1 fully saturated rings. The first-order valence-electron chi connectivity index (χ1n) is 8.54. The van der Waals surface area contributed by atoms with Crippen LogP contribution in [0.2, 0.25) is 0 Å². The maximum absolute atomic E-state index is 12.6. The summed E-state index contributed by atoms with van der Waals surface area (Å²) in [5.41, 5.74) is 1.55. The zero-order chi connectivity index (χ0) is 18.1. The van der Waals surface area contributed by atoms with Crippen LogP contribution in [0.3, 0.4) is 0 Å². The molecule has 0 aromatic rings. The summed E-state index contributed by atoms with van der Waals surface area (Å²) in [6.45, 7) is 7.06. The molecule has 1 heterocycles. The van der Waals surface area contributed by atoms with Gasteiger partial charge in [0.2, 0.25) is 17.7 Å². The van der Waals surface area contributed by atoms with Crippen LogP contribution >= 0.6 is 0 Å². The summed E-state index contributed by atoms with van der Waals surface area (Å²) in [4.78, 5) is 38.4. The maximum atomic E-state index is 12.6. The van der Waals surface area contributed by atoms with Crippen LogP contribution in [0.25, 0.3) is 0 Å². The second-order valence-electron chi connectivity index (χ2n) is 6.50. The molecule has 1 saturated heterocycles. The van der Waals surface area contributed by atoms with E-state index in [2.05, 4.69) is 5.32 Å². The fraction of sp³-hybridized carbons (Fsp3) is 0.706. The number of hydrogen-bond donors (Lipinski definition) is 3. The molecule has 7 nitrogen and oxygen atoms in total. The molecular formula is C17H29N3O4. The Hall–Kier alpha value is -1.89. The van der Waals surface area contributed by atoms with Crippen LogP contribution in [0.15, 0.2) is 12.2 Å². The van der Waals surface area contributed by atoms with E-state index in [9.17, 15) is 14.4 Å². The fourth-order valence-corrected chi connectivity index (χ4v) is 2.77. The molecule has 2 atom stereocenters. The van der Waals surface area contributed by atoms with Crippen molar-refractivity contribution in [1.29, 1.82) is 0 Å². The molecule has 0 aliphatic carbocycles. The SMILES string of the molecule is C/C=C/C[C@@H](CC(=O)NO)C(=O)N[C@@H](C(=O)N1CCCC1)C(C)C. The van der Waals surface area contributed by atoms with Gasteiger partial charge in [0, 0.05) is 19.5 Å². The zero-order valence-corrected chi connectivity index (χ0v) is 14.7. The molecule has 0 spiro atoms. The predicted molar refractivity (Wildman–Crippen MR) is 90.0 cm³/mol. The number of rotatable bonds is 8. The Balaban J connectivity index is 2.78. The molecular weight excluding hydrogens is 310 g/mol. The van der Waals surface area contributed by atoms with Gasteiger partial charge < -0.3 is 10.2 Å². The minimum atomic E-state index is -0.624. The average molecular weight is 339 g/mol. The Morgan fingerprint density at radius 2 is 1.83 bits per heavy atom. The van der Waals surface area contributed by atoms with E-state index in [0.29, 0.717) is 6.42 Å².